The van der Waals surface area contributed by atoms with E-state index >= 15 is 0 Å². The molecule has 10 rings (SSSR count). The highest BCUT2D eigenvalue weighted by atomic mass is 28.4. The van der Waals surface area contributed by atoms with Gasteiger partial charge in [-0.3, -0.25) is 0 Å². The molecular weight excluding hydrogens is 817 g/mol. The molecule has 0 atom stereocenters. The van der Waals surface area contributed by atoms with Gasteiger partial charge >= 0.3 is 0 Å². The first-order chi connectivity index (χ1) is 31.0. The van der Waals surface area contributed by atoms with E-state index in [9.17, 15) is 0 Å². The Labute approximate surface area is 389 Å². The summed E-state index contributed by atoms with van der Waals surface area (Å²) in [5.74, 6) is 0. The maximum Gasteiger partial charge on any atom is 0.0579 e. The molecule has 1 aliphatic carbocycles. The van der Waals surface area contributed by atoms with Gasteiger partial charge in [0.2, 0.25) is 0 Å². The summed E-state index contributed by atoms with van der Waals surface area (Å²) in [4.78, 5) is 4.94. The summed E-state index contributed by atoms with van der Waals surface area (Å²) in [5, 5.41) is 8.00. The first kappa shape index (κ1) is 42.7. The van der Waals surface area contributed by atoms with Gasteiger partial charge in [0.15, 0.2) is 0 Å². The molecule has 1 aliphatic rings. The summed E-state index contributed by atoms with van der Waals surface area (Å²) in [5.41, 5.74) is 20.7. The van der Waals surface area contributed by atoms with Crippen LogP contribution in [0.1, 0.15) is 44.5 Å². The van der Waals surface area contributed by atoms with E-state index in [0.717, 1.165) is 0 Å². The standard InChI is InChI=1S/C61H62N2Si2/c1-39-19-26-47(27-20-39)62(57-33-41(3)17-23-43(57)5)49-30-25-45-36-55-56(37-46(45)35-49)61(64(7,8)9,65(10,11)12)60-53-32-31-50(38-54(53)51-15-13-14-16-52(51)59(55)60)63(48-28-21-40(2)22-29-48)58-34-42(4)18-24-44(58)6/h13-38H,1-12H3. The Balaban J connectivity index is 1.26. The molecule has 0 saturated heterocycles. The van der Waals surface area contributed by atoms with Crippen molar-refractivity contribution in [1.82, 2.24) is 0 Å². The lowest BCUT2D eigenvalue weighted by Gasteiger charge is -2.51. The molecule has 4 heteroatoms. The van der Waals surface area contributed by atoms with Crippen LogP contribution in [0.25, 0.3) is 43.4 Å². The molecule has 324 valence electrons. The largest absolute Gasteiger partial charge is 0.310 e. The highest BCUT2D eigenvalue weighted by Gasteiger charge is 2.60. The predicted molar refractivity (Wildman–Crippen MR) is 290 cm³/mol. The zero-order valence-electron chi connectivity index (χ0n) is 40.4. The second-order valence-corrected chi connectivity index (χ2v) is 32.1. The number of fused-ring (bicyclic) bond motifs is 9. The molecule has 0 spiro atoms. The molecule has 0 aromatic heterocycles. The summed E-state index contributed by atoms with van der Waals surface area (Å²) < 4.78 is -0.0772. The lowest BCUT2D eigenvalue weighted by molar-refractivity contribution is 0.965. The van der Waals surface area contributed by atoms with Crippen LogP contribution in [0.15, 0.2) is 158 Å². The van der Waals surface area contributed by atoms with Gasteiger partial charge in [-0.2, -0.15) is 0 Å². The van der Waals surface area contributed by atoms with E-state index in [4.69, 9.17) is 0 Å². The first-order valence-corrected chi connectivity index (χ1v) is 30.4. The Morgan fingerprint density at radius 1 is 0.369 bits per heavy atom. The van der Waals surface area contributed by atoms with Gasteiger partial charge in [0, 0.05) is 38.8 Å². The SMILES string of the molecule is Cc1ccc(N(c2ccc3cc4c(cc3c2)C([Si](C)(C)C)([Si](C)(C)C)c2c-4c3ccccc3c3cc(N(c4ccc(C)cc4)c4cc(C)ccc4C)ccc23)c2cc(C)ccc2C)cc1. The minimum absolute atomic E-state index is 0.0772. The number of anilines is 6. The highest BCUT2D eigenvalue weighted by Crippen LogP contribution is 2.62. The van der Waals surface area contributed by atoms with Crippen LogP contribution in [0.4, 0.5) is 34.1 Å². The number of rotatable bonds is 8. The van der Waals surface area contributed by atoms with Gasteiger partial charge in [-0.1, -0.05) is 141 Å². The molecule has 2 nitrogen and oxygen atoms in total. The Kier molecular flexibility index (Phi) is 10.2. The van der Waals surface area contributed by atoms with Crippen LogP contribution in [0.3, 0.4) is 0 Å². The zero-order valence-corrected chi connectivity index (χ0v) is 42.4. The van der Waals surface area contributed by atoms with Crippen molar-refractivity contribution in [3.8, 4) is 11.1 Å². The molecule has 9 aromatic rings. The predicted octanol–water partition coefficient (Wildman–Crippen LogP) is 18.0. The third kappa shape index (κ3) is 6.79. The van der Waals surface area contributed by atoms with Crippen molar-refractivity contribution in [2.75, 3.05) is 9.80 Å². The van der Waals surface area contributed by atoms with Crippen LogP contribution in [0.5, 0.6) is 0 Å². The fourth-order valence-electron chi connectivity index (χ4n) is 11.9. The van der Waals surface area contributed by atoms with E-state index in [0.29, 0.717) is 0 Å². The van der Waals surface area contributed by atoms with Gasteiger partial charge in [0.1, 0.15) is 0 Å². The van der Waals surface area contributed by atoms with Crippen molar-refractivity contribution in [2.45, 2.75) is 85.5 Å². The maximum atomic E-state index is 2.65. The molecule has 0 fully saturated rings. The fourth-order valence-corrected chi connectivity index (χ4v) is 25.0. The lowest BCUT2D eigenvalue weighted by atomic mass is 9.90. The summed E-state index contributed by atoms with van der Waals surface area (Å²) >= 11 is 0. The Morgan fingerprint density at radius 2 is 0.846 bits per heavy atom. The molecule has 0 saturated carbocycles. The van der Waals surface area contributed by atoms with E-state index in [-0.39, 0.29) is 4.66 Å². The van der Waals surface area contributed by atoms with Gasteiger partial charge in [-0.25, -0.2) is 0 Å². The second kappa shape index (κ2) is 15.5. The average Bonchev–Trinajstić information content (AvgIpc) is 3.59. The van der Waals surface area contributed by atoms with Crippen LogP contribution in [0.2, 0.25) is 39.3 Å². The van der Waals surface area contributed by atoms with Crippen LogP contribution in [-0.4, -0.2) is 16.1 Å². The number of aryl methyl sites for hydroxylation is 6. The molecule has 9 aromatic carbocycles. The topological polar surface area (TPSA) is 6.48 Å². The van der Waals surface area contributed by atoms with E-state index in [1.165, 1.54) is 111 Å². The van der Waals surface area contributed by atoms with Crippen molar-refractivity contribution in [2.24, 2.45) is 0 Å². The maximum absolute atomic E-state index is 2.65. The monoisotopic (exact) mass is 878 g/mol. The van der Waals surface area contributed by atoms with Gasteiger partial charge in [-0.05, 0) is 185 Å². The highest BCUT2D eigenvalue weighted by molar-refractivity contribution is 7.00. The average molecular weight is 879 g/mol. The normalized spacial score (nSPS) is 13.4. The molecular formula is C61H62N2Si2. The third-order valence-corrected chi connectivity index (χ3v) is 24.6. The Hall–Kier alpha value is -6.21. The Bertz CT molecular complexity index is 3330. The number of benzene rings is 9. The van der Waals surface area contributed by atoms with Crippen LogP contribution in [-0.2, 0) is 4.66 Å². The zero-order chi connectivity index (χ0) is 45.7. The smallest absolute Gasteiger partial charge is 0.0579 e. The fraction of sp³-hybridized carbons (Fsp3) is 0.213. The Morgan fingerprint density at radius 3 is 1.38 bits per heavy atom. The van der Waals surface area contributed by atoms with Crippen LogP contribution in [0, 0.1) is 41.5 Å². The number of hydrogen-bond donors (Lipinski definition) is 0. The van der Waals surface area contributed by atoms with Crippen molar-refractivity contribution in [3.63, 3.8) is 0 Å². The molecule has 65 heavy (non-hydrogen) atoms. The summed E-state index contributed by atoms with van der Waals surface area (Å²) in [6.45, 7) is 29.1. The molecule has 0 unspecified atom stereocenters. The van der Waals surface area contributed by atoms with Crippen molar-refractivity contribution < 1.29 is 0 Å². The van der Waals surface area contributed by atoms with Crippen LogP contribution < -0.4 is 9.80 Å². The van der Waals surface area contributed by atoms with E-state index in [1.54, 1.807) is 11.1 Å². The minimum Gasteiger partial charge on any atom is -0.310 e. The summed E-state index contributed by atoms with van der Waals surface area (Å²) in [6.07, 6.45) is 0. The van der Waals surface area contributed by atoms with E-state index in [1.807, 2.05) is 0 Å². The first-order valence-electron chi connectivity index (χ1n) is 23.4. The van der Waals surface area contributed by atoms with E-state index in [2.05, 4.69) is 248 Å². The van der Waals surface area contributed by atoms with Crippen molar-refractivity contribution >= 4 is 82.6 Å². The van der Waals surface area contributed by atoms with Gasteiger partial charge in [-0.15, -0.1) is 0 Å². The minimum atomic E-state index is -2.08. The van der Waals surface area contributed by atoms with Crippen molar-refractivity contribution in [3.05, 3.63) is 202 Å². The third-order valence-electron chi connectivity index (χ3n) is 14.6. The second-order valence-electron chi connectivity index (χ2n) is 21.1. The van der Waals surface area contributed by atoms with Crippen molar-refractivity contribution in [1.29, 1.82) is 0 Å². The molecule has 0 N–H and O–H groups in total. The number of nitrogens with zero attached hydrogens (tertiary/aromatic N) is 2. The van der Waals surface area contributed by atoms with Gasteiger partial charge in [0.25, 0.3) is 0 Å². The quantitative estimate of drug-likeness (QED) is 0.111. The van der Waals surface area contributed by atoms with Gasteiger partial charge < -0.3 is 9.80 Å². The molecule has 0 aliphatic heterocycles. The summed E-state index contributed by atoms with van der Waals surface area (Å²) in [6, 6.07) is 60.8. The van der Waals surface area contributed by atoms with Gasteiger partial charge in [0.05, 0.1) is 16.1 Å². The molecule has 0 bridgehead atoms. The van der Waals surface area contributed by atoms with Crippen LogP contribution >= 0.6 is 0 Å². The molecule has 0 radical (unpaired) electrons. The molecule has 0 amide bonds. The lowest BCUT2D eigenvalue weighted by Crippen LogP contribution is -2.63. The molecule has 0 heterocycles. The van der Waals surface area contributed by atoms with E-state index < -0.39 is 16.1 Å². The summed E-state index contributed by atoms with van der Waals surface area (Å²) in [7, 11) is -4.17. The number of hydrogen-bond acceptors (Lipinski definition) is 2.